The first kappa shape index (κ1) is 13.9. The van der Waals surface area contributed by atoms with Crippen molar-refractivity contribution >= 4 is 28.8 Å². The predicted octanol–water partition coefficient (Wildman–Crippen LogP) is 3.73. The predicted molar refractivity (Wildman–Crippen MR) is 78.1 cm³/mol. The Balaban J connectivity index is 2.03. The smallest absolute Gasteiger partial charge is 0.255 e. The highest BCUT2D eigenvalue weighted by molar-refractivity contribution is 7.16. The van der Waals surface area contributed by atoms with Crippen LogP contribution in [0.1, 0.15) is 22.2 Å². The van der Waals surface area contributed by atoms with Crippen LogP contribution in [0.2, 0.25) is 4.34 Å². The van der Waals surface area contributed by atoms with Gasteiger partial charge >= 0.3 is 0 Å². The minimum absolute atomic E-state index is 0.145. The third-order valence-corrected chi connectivity index (χ3v) is 3.71. The zero-order valence-corrected chi connectivity index (χ0v) is 12.1. The number of carbonyl (C=O) groups excluding carboxylic acids is 1. The van der Waals surface area contributed by atoms with E-state index in [0.29, 0.717) is 24.5 Å². The van der Waals surface area contributed by atoms with Crippen molar-refractivity contribution in [2.45, 2.75) is 13.5 Å². The topological polar surface area (TPSA) is 38.3 Å². The summed E-state index contributed by atoms with van der Waals surface area (Å²) >= 11 is 7.30. The van der Waals surface area contributed by atoms with Gasteiger partial charge < -0.3 is 10.1 Å². The molecule has 0 saturated heterocycles. The molecule has 0 radical (unpaired) electrons. The first-order valence-corrected chi connectivity index (χ1v) is 7.14. The summed E-state index contributed by atoms with van der Waals surface area (Å²) in [5.41, 5.74) is 0.548. The molecule has 0 aliphatic heterocycles. The minimum atomic E-state index is -0.145. The van der Waals surface area contributed by atoms with Crippen molar-refractivity contribution in [2.24, 2.45) is 0 Å². The minimum Gasteiger partial charge on any atom is -0.493 e. The van der Waals surface area contributed by atoms with Crippen LogP contribution in [-0.4, -0.2) is 12.5 Å². The lowest BCUT2D eigenvalue weighted by Crippen LogP contribution is -2.23. The van der Waals surface area contributed by atoms with E-state index in [1.807, 2.05) is 31.2 Å². The van der Waals surface area contributed by atoms with Gasteiger partial charge in [0.15, 0.2) is 0 Å². The average Bonchev–Trinajstić information content (AvgIpc) is 2.83. The lowest BCUT2D eigenvalue weighted by Gasteiger charge is -2.09. The van der Waals surface area contributed by atoms with Crippen LogP contribution in [0.4, 0.5) is 0 Å². The third-order valence-electron chi connectivity index (χ3n) is 2.48. The summed E-state index contributed by atoms with van der Waals surface area (Å²) in [4.78, 5) is 13.1. The van der Waals surface area contributed by atoms with Crippen LogP contribution in [0.5, 0.6) is 5.75 Å². The maximum Gasteiger partial charge on any atom is 0.255 e. The molecule has 1 aromatic carbocycles. The maximum absolute atomic E-state index is 12.1. The van der Waals surface area contributed by atoms with Crippen LogP contribution < -0.4 is 10.1 Å². The van der Waals surface area contributed by atoms with Crippen molar-refractivity contribution in [1.29, 1.82) is 0 Å². The number of hydrogen-bond donors (Lipinski definition) is 1. The van der Waals surface area contributed by atoms with Crippen molar-refractivity contribution in [1.82, 2.24) is 5.32 Å². The van der Waals surface area contributed by atoms with Gasteiger partial charge in [-0.2, -0.15) is 0 Å². The van der Waals surface area contributed by atoms with Crippen molar-refractivity contribution in [3.63, 3.8) is 0 Å². The van der Waals surface area contributed by atoms with E-state index in [1.54, 1.807) is 12.1 Å². The molecular formula is C14H14ClNO2S. The maximum atomic E-state index is 12.1. The first-order valence-electron chi connectivity index (χ1n) is 5.95. The fourth-order valence-corrected chi connectivity index (χ4v) is 2.67. The number of para-hydroxylation sites is 1. The zero-order valence-electron chi connectivity index (χ0n) is 10.5. The zero-order chi connectivity index (χ0) is 13.7. The van der Waals surface area contributed by atoms with Crippen molar-refractivity contribution in [3.05, 3.63) is 51.2 Å². The summed E-state index contributed by atoms with van der Waals surface area (Å²) in [5, 5.41) is 2.86. The van der Waals surface area contributed by atoms with Crippen molar-refractivity contribution in [2.75, 3.05) is 6.61 Å². The standard InChI is InChI=1S/C14H14ClNO2S/c1-2-18-12-6-4-3-5-11(12)14(17)16-9-10-7-8-13(15)19-10/h3-8H,2,9H2,1H3,(H,16,17). The number of benzene rings is 1. The van der Waals surface area contributed by atoms with E-state index in [1.165, 1.54) is 11.3 Å². The Labute approximate surface area is 121 Å². The highest BCUT2D eigenvalue weighted by Crippen LogP contribution is 2.22. The summed E-state index contributed by atoms with van der Waals surface area (Å²) < 4.78 is 6.16. The number of rotatable bonds is 5. The second kappa shape index (κ2) is 6.59. The molecule has 0 atom stereocenters. The van der Waals surface area contributed by atoms with Gasteiger partial charge in [-0.3, -0.25) is 4.79 Å². The number of hydrogen-bond acceptors (Lipinski definition) is 3. The molecule has 5 heteroatoms. The molecule has 0 spiro atoms. The fourth-order valence-electron chi connectivity index (χ4n) is 1.64. The molecule has 1 heterocycles. The van der Waals surface area contributed by atoms with Gasteiger partial charge in [-0.1, -0.05) is 23.7 Å². The molecule has 1 N–H and O–H groups in total. The monoisotopic (exact) mass is 295 g/mol. The second-order valence-corrected chi connectivity index (χ2v) is 5.62. The molecule has 0 fully saturated rings. The van der Waals surface area contributed by atoms with Gasteiger partial charge in [0.25, 0.3) is 5.91 Å². The molecule has 3 nitrogen and oxygen atoms in total. The van der Waals surface area contributed by atoms with Crippen molar-refractivity contribution in [3.8, 4) is 5.75 Å². The molecule has 2 rings (SSSR count). The lowest BCUT2D eigenvalue weighted by molar-refractivity contribution is 0.0947. The summed E-state index contributed by atoms with van der Waals surface area (Å²) in [5.74, 6) is 0.459. The van der Waals surface area contributed by atoms with Crippen LogP contribution in [0.25, 0.3) is 0 Å². The van der Waals surface area contributed by atoms with Gasteiger partial charge in [0.2, 0.25) is 0 Å². The number of thiophene rings is 1. The Kier molecular flexibility index (Phi) is 4.82. The molecule has 100 valence electrons. The van der Waals surface area contributed by atoms with Gasteiger partial charge in [-0.25, -0.2) is 0 Å². The summed E-state index contributed by atoms with van der Waals surface area (Å²) in [7, 11) is 0. The molecule has 0 aliphatic carbocycles. The van der Waals surface area contributed by atoms with Crippen LogP contribution in [-0.2, 0) is 6.54 Å². The lowest BCUT2D eigenvalue weighted by atomic mass is 10.2. The van der Waals surface area contributed by atoms with Gasteiger partial charge in [0, 0.05) is 4.88 Å². The molecule has 2 aromatic rings. The number of carbonyl (C=O) groups is 1. The molecule has 0 saturated carbocycles. The Bertz CT molecular complexity index is 568. The number of halogens is 1. The summed E-state index contributed by atoms with van der Waals surface area (Å²) in [6.07, 6.45) is 0. The molecule has 1 amide bonds. The van der Waals surface area contributed by atoms with E-state index in [9.17, 15) is 4.79 Å². The van der Waals surface area contributed by atoms with Crippen LogP contribution in [0.15, 0.2) is 36.4 Å². The van der Waals surface area contributed by atoms with E-state index >= 15 is 0 Å². The summed E-state index contributed by atoms with van der Waals surface area (Å²) in [6.45, 7) is 2.89. The van der Waals surface area contributed by atoms with Crippen LogP contribution in [0, 0.1) is 0 Å². The number of nitrogens with one attached hydrogen (secondary N) is 1. The molecule has 0 bridgehead atoms. The molecule has 19 heavy (non-hydrogen) atoms. The Morgan fingerprint density at radius 1 is 1.32 bits per heavy atom. The van der Waals surface area contributed by atoms with E-state index in [4.69, 9.17) is 16.3 Å². The third kappa shape index (κ3) is 3.72. The van der Waals surface area contributed by atoms with E-state index in [2.05, 4.69) is 5.32 Å². The Morgan fingerprint density at radius 3 is 2.79 bits per heavy atom. The molecule has 0 unspecified atom stereocenters. The van der Waals surface area contributed by atoms with Crippen LogP contribution in [0.3, 0.4) is 0 Å². The van der Waals surface area contributed by atoms with E-state index < -0.39 is 0 Å². The molecular weight excluding hydrogens is 282 g/mol. The van der Waals surface area contributed by atoms with E-state index in [0.717, 1.165) is 9.21 Å². The van der Waals surface area contributed by atoms with Gasteiger partial charge in [0.05, 0.1) is 23.1 Å². The van der Waals surface area contributed by atoms with Crippen LogP contribution >= 0.6 is 22.9 Å². The average molecular weight is 296 g/mol. The highest BCUT2D eigenvalue weighted by Gasteiger charge is 2.11. The fraction of sp³-hybridized carbons (Fsp3) is 0.214. The number of ether oxygens (including phenoxy) is 1. The van der Waals surface area contributed by atoms with Gasteiger partial charge in [-0.05, 0) is 31.2 Å². The number of amides is 1. The Morgan fingerprint density at radius 2 is 2.11 bits per heavy atom. The van der Waals surface area contributed by atoms with Gasteiger partial charge in [-0.15, -0.1) is 11.3 Å². The normalized spacial score (nSPS) is 10.2. The SMILES string of the molecule is CCOc1ccccc1C(=O)NCc1ccc(Cl)s1. The first-order chi connectivity index (χ1) is 9.20. The quantitative estimate of drug-likeness (QED) is 0.913. The largest absolute Gasteiger partial charge is 0.493 e. The van der Waals surface area contributed by atoms with Crippen molar-refractivity contribution < 1.29 is 9.53 Å². The highest BCUT2D eigenvalue weighted by atomic mass is 35.5. The molecule has 1 aromatic heterocycles. The second-order valence-electron chi connectivity index (χ2n) is 3.82. The summed E-state index contributed by atoms with van der Waals surface area (Å²) in [6, 6.07) is 10.9. The Hall–Kier alpha value is -1.52. The van der Waals surface area contributed by atoms with Gasteiger partial charge in [0.1, 0.15) is 5.75 Å². The van der Waals surface area contributed by atoms with E-state index in [-0.39, 0.29) is 5.91 Å². The molecule has 0 aliphatic rings.